The summed E-state index contributed by atoms with van der Waals surface area (Å²) in [5.74, 6) is 0. The van der Waals surface area contributed by atoms with Crippen LogP contribution < -0.4 is 103 Å². The van der Waals surface area contributed by atoms with Gasteiger partial charge in [0.05, 0.1) is 46.9 Å². The first-order valence-corrected chi connectivity index (χ1v) is 32.9. The van der Waals surface area contributed by atoms with Crippen molar-refractivity contribution in [3.05, 3.63) is 0 Å². The van der Waals surface area contributed by atoms with Gasteiger partial charge in [0.15, 0.2) is 0 Å². The third-order valence-corrected chi connectivity index (χ3v) is 21.6. The fraction of sp³-hybridized carbons (Fsp3) is 0. The van der Waals surface area contributed by atoms with Crippen molar-refractivity contribution in [1.29, 1.82) is 0 Å². The van der Waals surface area contributed by atoms with E-state index in [4.69, 9.17) is 0 Å². The molecular formula is Nd7O48P15. The molecule has 0 aromatic rings. The number of rotatable bonds is 24. The van der Waals surface area contributed by atoms with E-state index >= 15 is 0 Å². The molecule has 0 saturated carbocycles. The zero-order valence-electron chi connectivity index (χ0n) is 29.8. The van der Waals surface area contributed by atoms with E-state index in [1.165, 1.54) is 0 Å². The van der Waals surface area contributed by atoms with Crippen molar-refractivity contribution in [2.24, 2.45) is 0 Å². The van der Waals surface area contributed by atoms with Crippen LogP contribution in [0.1, 0.15) is 0 Å². The van der Waals surface area contributed by atoms with E-state index in [2.05, 4.69) is 51.7 Å². The summed E-state index contributed by atoms with van der Waals surface area (Å²) in [6.45, 7) is 0. The van der Waals surface area contributed by atoms with E-state index in [1.54, 1.807) is 0 Å². The van der Waals surface area contributed by atoms with Crippen LogP contribution in [-0.2, 0) is 120 Å². The van der Waals surface area contributed by atoms with Crippen molar-refractivity contribution in [2.75, 3.05) is 0 Å². The maximum absolute atomic E-state index is 10.7. The van der Waals surface area contributed by atoms with Gasteiger partial charge in [0.1, 0.15) is 0 Å². The SMILES string of the molecule is O=P([O-])([O-])OP(=O)([O-])OP(=O)([O-])OP(=O)([O-])OP(=O)([O-])[O-].O=P([O-])([O-])OP(=O)([O-])OP(=O)([O-])OP(=O)([O-])OP(=O)([O-])[O-].O=P([O-])([O-])OP(=O)([O-])OP(=O)([O-])OP(=O)([O-])OP(=O)([O-])[O-].[Nd+3].[Nd+3].[Nd+3].[Nd+3].[Nd+3].[Nd+3].[Nd+3]. The summed E-state index contributed by atoms with van der Waals surface area (Å²) in [6, 6.07) is 0. The second kappa shape index (κ2) is 39.6. The maximum Gasteiger partial charge on any atom is 3.00 e. The second-order valence-corrected chi connectivity index (χ2v) is 28.9. The minimum absolute atomic E-state index is 0. The molecule has 0 heterocycles. The van der Waals surface area contributed by atoms with Crippen LogP contribution in [0.25, 0.3) is 0 Å². The molecule has 6 unspecified atom stereocenters. The van der Waals surface area contributed by atoms with Crippen molar-refractivity contribution >= 4 is 117 Å². The standard InChI is InChI=1S/7Nd.3H7O16P5/c;;;;;;;3*1-17(2,3)13-19(7,8)15-21(11,12)16-20(9,10)14-18(4,5)6/h;;;;;;;3*(H,7,8)(H,9,10)(H,11,12)(H2,1,2,3)(H2,4,5,6)/q7*+3;;;/p-21. The van der Waals surface area contributed by atoms with Crippen molar-refractivity contribution in [3.63, 3.8) is 0 Å². The molecule has 0 rings (SSSR count). The Balaban J connectivity index is -0.0000000918. The van der Waals surface area contributed by atoms with Crippen LogP contribution in [0.4, 0.5) is 0 Å². The van der Waals surface area contributed by atoms with Gasteiger partial charge in [-0.05, 0) is 0 Å². The van der Waals surface area contributed by atoms with Gasteiger partial charge in [-0.3, -0.25) is 66.9 Å². The summed E-state index contributed by atoms with van der Waals surface area (Å²) in [6.07, 6.45) is 0. The van der Waals surface area contributed by atoms with E-state index in [9.17, 15) is 171 Å². The minimum Gasteiger partial charge on any atom is -0.790 e. The molecule has 0 spiro atoms. The summed E-state index contributed by atoms with van der Waals surface area (Å²) in [4.78, 5) is 215. The molecule has 0 aromatic heterocycles. The van der Waals surface area contributed by atoms with E-state index < -0.39 is 117 Å². The smallest absolute Gasteiger partial charge is 0.790 e. The van der Waals surface area contributed by atoms with Gasteiger partial charge in [-0.25, -0.2) is 25.9 Å². The van der Waals surface area contributed by atoms with E-state index in [0.29, 0.717) is 0 Å². The first-order valence-electron chi connectivity index (χ1n) is 11.0. The van der Waals surface area contributed by atoms with Gasteiger partial charge in [0.2, 0.25) is 0 Å². The fourth-order valence-electron chi connectivity index (χ4n) is 1.60. The van der Waals surface area contributed by atoms with E-state index in [-0.39, 0.29) is 286 Å². The van der Waals surface area contributed by atoms with Crippen LogP contribution >= 0.6 is 117 Å². The van der Waals surface area contributed by atoms with Gasteiger partial charge in [0.25, 0.3) is 70.4 Å². The second-order valence-electron chi connectivity index (χ2n) is 7.69. The Bertz CT molecular complexity index is 1930. The monoisotopic (exact) mass is 2230 g/mol. The molecule has 0 aliphatic heterocycles. The molecule has 391 valence electrons. The number of hydrogen-bond acceptors (Lipinski definition) is 48. The van der Waals surface area contributed by atoms with Crippen LogP contribution in [-0.4, -0.2) is 0 Å². The summed E-state index contributed by atoms with van der Waals surface area (Å²) in [7, 11) is -96.2. The topological polar surface area (TPSA) is 851 Å². The molecule has 0 fully saturated rings. The average molecular weight is 2240 g/mol. The summed E-state index contributed by atoms with van der Waals surface area (Å²) < 4.78 is 188. The predicted molar refractivity (Wildman–Crippen MR) is 127 cm³/mol. The Morgan fingerprint density at radius 2 is 0.200 bits per heavy atom. The molecule has 0 N–H and O–H groups in total. The quantitative estimate of drug-likeness (QED) is 0.0810. The Morgan fingerprint density at radius 1 is 0.143 bits per heavy atom. The molecule has 0 aromatic carbocycles. The first-order chi connectivity index (χ1) is 26.5. The zero-order valence-corrected chi connectivity index (χ0v) is 65.7. The van der Waals surface area contributed by atoms with Crippen LogP contribution in [0.15, 0.2) is 0 Å². The van der Waals surface area contributed by atoms with Crippen LogP contribution in [0.5, 0.6) is 0 Å². The van der Waals surface area contributed by atoms with Crippen molar-refractivity contribution < 1.29 is 509 Å². The van der Waals surface area contributed by atoms with Crippen LogP contribution in [0, 0.1) is 286 Å². The molecule has 0 amide bonds. The Hall–Kier alpha value is 11.6. The molecule has 70 heavy (non-hydrogen) atoms. The summed E-state index contributed by atoms with van der Waals surface area (Å²) in [5, 5.41) is 0. The summed E-state index contributed by atoms with van der Waals surface area (Å²) in [5.41, 5.74) is 0. The fourth-order valence-corrected chi connectivity index (χ4v) is 16.8. The molecule has 48 nitrogen and oxygen atoms in total. The normalized spacial score (nSPS) is 19.8. The van der Waals surface area contributed by atoms with Gasteiger partial charge in [-0.1, -0.05) is 0 Å². The molecule has 6 atom stereocenters. The average Bonchev–Trinajstić information content (AvgIpc) is 2.68. The minimum atomic E-state index is -6.56. The van der Waals surface area contributed by atoms with E-state index in [0.717, 1.165) is 0 Å². The molecular weight excluding hydrogens is 2240 g/mol. The molecule has 7 radical (unpaired) electrons. The molecule has 0 saturated heterocycles. The molecule has 0 bridgehead atoms. The van der Waals surface area contributed by atoms with Crippen molar-refractivity contribution in [2.45, 2.75) is 0 Å². The summed E-state index contributed by atoms with van der Waals surface area (Å²) >= 11 is 0. The first kappa shape index (κ1) is 103. The van der Waals surface area contributed by atoms with Gasteiger partial charge in [0, 0.05) is 0 Å². The van der Waals surface area contributed by atoms with Crippen LogP contribution in [0.2, 0.25) is 0 Å². The Labute approximate surface area is 613 Å². The number of hydrogen-bond donors (Lipinski definition) is 0. The van der Waals surface area contributed by atoms with Gasteiger partial charge >= 0.3 is 286 Å². The molecule has 0 aliphatic carbocycles. The third-order valence-electron chi connectivity index (χ3n) is 2.40. The van der Waals surface area contributed by atoms with Gasteiger partial charge in [-0.15, -0.1) is 0 Å². The predicted octanol–water partition coefficient (Wildman–Crippen LogP) is -14.7. The largest absolute Gasteiger partial charge is 3.00 e. The van der Waals surface area contributed by atoms with Crippen molar-refractivity contribution in [3.8, 4) is 0 Å². The maximum atomic E-state index is 10.7. The third kappa shape index (κ3) is 70.3. The Kier molecular flexibility index (Phi) is 58.4. The molecule has 0 aliphatic rings. The van der Waals surface area contributed by atoms with Gasteiger partial charge in [-0.2, -0.15) is 0 Å². The van der Waals surface area contributed by atoms with Crippen LogP contribution in [0.3, 0.4) is 0 Å². The number of phosphoric acid groups is 15. The Morgan fingerprint density at radius 3 is 0.257 bits per heavy atom. The van der Waals surface area contributed by atoms with E-state index in [1.807, 2.05) is 0 Å². The van der Waals surface area contributed by atoms with Gasteiger partial charge < -0.3 is 130 Å². The van der Waals surface area contributed by atoms with Crippen molar-refractivity contribution in [1.82, 2.24) is 0 Å². The zero-order chi connectivity index (χ0) is 52.0. The molecule has 70 heteroatoms.